The van der Waals surface area contributed by atoms with Crippen LogP contribution in [0.2, 0.25) is 0 Å². The van der Waals surface area contributed by atoms with Crippen LogP contribution in [0, 0.1) is 0 Å². The van der Waals surface area contributed by atoms with Gasteiger partial charge in [-0.3, -0.25) is 0 Å². The Morgan fingerprint density at radius 2 is 2.27 bits per heavy atom. The Morgan fingerprint density at radius 1 is 1.47 bits per heavy atom. The third-order valence-electron chi connectivity index (χ3n) is 2.34. The van der Waals surface area contributed by atoms with Crippen molar-refractivity contribution in [2.75, 3.05) is 20.8 Å². The second-order valence-electron chi connectivity index (χ2n) is 3.35. The van der Waals surface area contributed by atoms with E-state index < -0.39 is 0 Å². The molecule has 0 aromatic carbocycles. The Morgan fingerprint density at radius 3 is 2.87 bits per heavy atom. The van der Waals surface area contributed by atoms with Crippen LogP contribution < -0.4 is 10.1 Å². The van der Waals surface area contributed by atoms with Crippen LogP contribution in [0.3, 0.4) is 0 Å². The molecule has 0 aliphatic rings. The number of thiophene rings is 1. The molecule has 1 unspecified atom stereocenters. The van der Waals surface area contributed by atoms with Crippen molar-refractivity contribution in [3.63, 3.8) is 0 Å². The highest BCUT2D eigenvalue weighted by atomic mass is 32.1. The summed E-state index contributed by atoms with van der Waals surface area (Å²) < 4.78 is 10.4. The first-order valence-corrected chi connectivity index (χ1v) is 6.02. The molecular weight excluding hydrogens is 210 g/mol. The fraction of sp³-hybridized carbons (Fsp3) is 0.636. The van der Waals surface area contributed by atoms with Crippen LogP contribution in [0.1, 0.15) is 18.2 Å². The maximum atomic E-state index is 5.25. The van der Waals surface area contributed by atoms with E-state index in [-0.39, 0.29) is 0 Å². The van der Waals surface area contributed by atoms with Gasteiger partial charge in [0, 0.05) is 19.7 Å². The van der Waals surface area contributed by atoms with Gasteiger partial charge in [-0.2, -0.15) is 0 Å². The molecule has 1 heterocycles. The molecule has 3 nitrogen and oxygen atoms in total. The maximum absolute atomic E-state index is 5.25. The summed E-state index contributed by atoms with van der Waals surface area (Å²) in [5, 5.41) is 5.50. The molecule has 0 fully saturated rings. The third-order valence-corrected chi connectivity index (χ3v) is 3.24. The van der Waals surface area contributed by atoms with Gasteiger partial charge in [-0.1, -0.05) is 6.92 Å². The molecule has 1 N–H and O–H groups in total. The molecule has 1 aromatic rings. The summed E-state index contributed by atoms with van der Waals surface area (Å²) >= 11 is 1.72. The van der Waals surface area contributed by atoms with Gasteiger partial charge in [0.25, 0.3) is 0 Å². The van der Waals surface area contributed by atoms with Crippen molar-refractivity contribution < 1.29 is 9.47 Å². The van der Waals surface area contributed by atoms with Crippen molar-refractivity contribution in [3.8, 4) is 5.75 Å². The normalized spacial score (nSPS) is 12.7. The molecule has 0 amide bonds. The molecule has 0 saturated heterocycles. The van der Waals surface area contributed by atoms with Crippen LogP contribution in [-0.2, 0) is 11.3 Å². The minimum atomic E-state index is 0.418. The van der Waals surface area contributed by atoms with E-state index in [1.54, 1.807) is 25.6 Å². The second kappa shape index (κ2) is 6.82. The Labute approximate surface area is 95.4 Å². The van der Waals surface area contributed by atoms with E-state index in [4.69, 9.17) is 9.47 Å². The molecule has 15 heavy (non-hydrogen) atoms. The van der Waals surface area contributed by atoms with Gasteiger partial charge < -0.3 is 14.8 Å². The van der Waals surface area contributed by atoms with Gasteiger partial charge in [-0.05, 0) is 17.9 Å². The zero-order valence-electron chi connectivity index (χ0n) is 9.58. The summed E-state index contributed by atoms with van der Waals surface area (Å²) in [7, 11) is 3.44. The molecule has 1 atom stereocenters. The fourth-order valence-corrected chi connectivity index (χ4v) is 2.19. The number of hydrogen-bond donors (Lipinski definition) is 1. The fourth-order valence-electron chi connectivity index (χ4n) is 1.40. The molecule has 86 valence electrons. The average molecular weight is 229 g/mol. The molecule has 0 radical (unpaired) electrons. The molecule has 0 aliphatic heterocycles. The van der Waals surface area contributed by atoms with Gasteiger partial charge in [-0.15, -0.1) is 11.3 Å². The highest BCUT2D eigenvalue weighted by molar-refractivity contribution is 7.10. The Hall–Kier alpha value is -0.580. The van der Waals surface area contributed by atoms with Crippen molar-refractivity contribution >= 4 is 11.3 Å². The molecule has 0 spiro atoms. The molecule has 0 saturated carbocycles. The zero-order valence-corrected chi connectivity index (χ0v) is 10.4. The van der Waals surface area contributed by atoms with Gasteiger partial charge in [0.15, 0.2) is 0 Å². The predicted molar refractivity (Wildman–Crippen MR) is 63.7 cm³/mol. The molecule has 1 rings (SSSR count). The number of nitrogens with one attached hydrogen (secondary N) is 1. The minimum absolute atomic E-state index is 0.418. The van der Waals surface area contributed by atoms with E-state index in [2.05, 4.69) is 12.2 Å². The lowest BCUT2D eigenvalue weighted by Gasteiger charge is -2.15. The molecule has 0 aliphatic carbocycles. The first-order chi connectivity index (χ1) is 7.31. The Bertz CT molecular complexity index is 275. The standard InChI is InChI=1S/C11H19NO2S/c1-4-9(8-13-2)12-7-11-10(14-3)5-6-15-11/h5-6,9,12H,4,7-8H2,1-3H3. The van der Waals surface area contributed by atoms with E-state index >= 15 is 0 Å². The summed E-state index contributed by atoms with van der Waals surface area (Å²) in [6.07, 6.45) is 1.07. The van der Waals surface area contributed by atoms with Gasteiger partial charge in [-0.25, -0.2) is 0 Å². The highest BCUT2D eigenvalue weighted by Crippen LogP contribution is 2.24. The van der Waals surface area contributed by atoms with Gasteiger partial charge in [0.2, 0.25) is 0 Å². The van der Waals surface area contributed by atoms with E-state index in [9.17, 15) is 0 Å². The molecule has 1 aromatic heterocycles. The topological polar surface area (TPSA) is 30.5 Å². The van der Waals surface area contributed by atoms with E-state index in [1.165, 1.54) is 4.88 Å². The SMILES string of the molecule is CCC(COC)NCc1sccc1OC. The Balaban J connectivity index is 2.41. The first kappa shape index (κ1) is 12.5. The minimum Gasteiger partial charge on any atom is -0.496 e. The van der Waals surface area contributed by atoms with Crippen molar-refractivity contribution in [3.05, 3.63) is 16.3 Å². The number of ether oxygens (including phenoxy) is 2. The van der Waals surface area contributed by atoms with E-state index in [0.29, 0.717) is 6.04 Å². The lowest BCUT2D eigenvalue weighted by atomic mass is 10.2. The van der Waals surface area contributed by atoms with Crippen LogP contribution in [0.5, 0.6) is 5.75 Å². The van der Waals surface area contributed by atoms with Gasteiger partial charge in [0.05, 0.1) is 18.6 Å². The van der Waals surface area contributed by atoms with Crippen molar-refractivity contribution in [1.82, 2.24) is 5.32 Å². The third kappa shape index (κ3) is 3.81. The average Bonchev–Trinajstić information content (AvgIpc) is 2.71. The quantitative estimate of drug-likeness (QED) is 0.778. The summed E-state index contributed by atoms with van der Waals surface area (Å²) in [6, 6.07) is 2.42. The smallest absolute Gasteiger partial charge is 0.134 e. The summed E-state index contributed by atoms with van der Waals surface area (Å²) in [6.45, 7) is 3.76. The predicted octanol–water partition coefficient (Wildman–Crippen LogP) is 2.27. The Kier molecular flexibility index (Phi) is 5.68. The second-order valence-corrected chi connectivity index (χ2v) is 4.35. The molecular formula is C11H19NO2S. The van der Waals surface area contributed by atoms with Crippen LogP contribution >= 0.6 is 11.3 Å². The number of rotatable bonds is 7. The van der Waals surface area contributed by atoms with Gasteiger partial charge >= 0.3 is 0 Å². The monoisotopic (exact) mass is 229 g/mol. The lowest BCUT2D eigenvalue weighted by Crippen LogP contribution is -2.31. The van der Waals surface area contributed by atoms with Gasteiger partial charge in [0.1, 0.15) is 5.75 Å². The summed E-state index contributed by atoms with van der Waals surface area (Å²) in [5.41, 5.74) is 0. The molecule has 4 heteroatoms. The molecule has 0 bridgehead atoms. The van der Waals surface area contributed by atoms with Crippen LogP contribution in [-0.4, -0.2) is 26.9 Å². The summed E-state index contributed by atoms with van der Waals surface area (Å²) in [4.78, 5) is 1.24. The van der Waals surface area contributed by atoms with E-state index in [0.717, 1.165) is 25.3 Å². The maximum Gasteiger partial charge on any atom is 0.134 e. The van der Waals surface area contributed by atoms with Crippen LogP contribution in [0.25, 0.3) is 0 Å². The van der Waals surface area contributed by atoms with Crippen molar-refractivity contribution in [2.45, 2.75) is 25.9 Å². The number of hydrogen-bond acceptors (Lipinski definition) is 4. The number of methoxy groups -OCH3 is 2. The van der Waals surface area contributed by atoms with Crippen molar-refractivity contribution in [1.29, 1.82) is 0 Å². The van der Waals surface area contributed by atoms with E-state index in [1.807, 2.05) is 11.4 Å². The first-order valence-electron chi connectivity index (χ1n) is 5.14. The van der Waals surface area contributed by atoms with Crippen LogP contribution in [0.15, 0.2) is 11.4 Å². The summed E-state index contributed by atoms with van der Waals surface area (Å²) in [5.74, 6) is 0.972. The largest absolute Gasteiger partial charge is 0.496 e. The van der Waals surface area contributed by atoms with Crippen LogP contribution in [0.4, 0.5) is 0 Å². The highest BCUT2D eigenvalue weighted by Gasteiger charge is 2.08. The zero-order chi connectivity index (χ0) is 11.1. The lowest BCUT2D eigenvalue weighted by molar-refractivity contribution is 0.164. The van der Waals surface area contributed by atoms with Crippen molar-refractivity contribution in [2.24, 2.45) is 0 Å².